The molecular weight excluding hydrogens is 356 g/mol. The summed E-state index contributed by atoms with van der Waals surface area (Å²) in [7, 11) is 1.12. The molecule has 1 aromatic rings. The van der Waals surface area contributed by atoms with Gasteiger partial charge in [-0.05, 0) is 25.1 Å². The first kappa shape index (κ1) is 20.3. The molecule has 1 N–H and O–H groups in total. The molecule has 8 nitrogen and oxygen atoms in total. The Kier molecular flexibility index (Phi) is 8.28. The number of aromatic carboxylic acids is 1. The summed E-state index contributed by atoms with van der Waals surface area (Å²) >= 11 is 5.75. The molecule has 0 aliphatic carbocycles. The van der Waals surface area contributed by atoms with Gasteiger partial charge in [-0.2, -0.15) is 0 Å². The summed E-state index contributed by atoms with van der Waals surface area (Å²) in [6.45, 7) is 1.86. The third-order valence-corrected chi connectivity index (χ3v) is 2.93. The second-order valence-electron chi connectivity index (χ2n) is 4.45. The van der Waals surface area contributed by atoms with E-state index in [0.29, 0.717) is 0 Å². The molecule has 0 spiro atoms. The minimum atomic E-state index is -1.29. The molecule has 0 aliphatic heterocycles. The number of esters is 2. The summed E-state index contributed by atoms with van der Waals surface area (Å²) in [4.78, 5) is 34.2. The molecule has 0 heterocycles. The van der Waals surface area contributed by atoms with Gasteiger partial charge in [-0.25, -0.2) is 9.59 Å². The van der Waals surface area contributed by atoms with E-state index in [0.717, 1.165) is 13.4 Å². The quantitative estimate of drug-likeness (QED) is 0.304. The van der Waals surface area contributed by atoms with Gasteiger partial charge in [0.2, 0.25) is 5.76 Å². The second kappa shape index (κ2) is 10.2. The molecule has 0 aliphatic rings. The molecular formula is C16H17ClO8. The molecule has 9 heteroatoms. The third-order valence-electron chi connectivity index (χ3n) is 2.70. The van der Waals surface area contributed by atoms with Gasteiger partial charge in [-0.1, -0.05) is 11.6 Å². The first-order valence-electron chi connectivity index (χ1n) is 7.15. The van der Waals surface area contributed by atoms with E-state index in [1.807, 2.05) is 0 Å². The van der Waals surface area contributed by atoms with Gasteiger partial charge in [-0.3, -0.25) is 4.79 Å². The van der Waals surface area contributed by atoms with Crippen LogP contribution in [0, 0.1) is 0 Å². The zero-order valence-corrected chi connectivity index (χ0v) is 14.4. The highest BCUT2D eigenvalue weighted by atomic mass is 35.5. The number of methoxy groups -OCH3 is 1. The second-order valence-corrected chi connectivity index (χ2v) is 4.88. The molecule has 0 saturated heterocycles. The van der Waals surface area contributed by atoms with Crippen molar-refractivity contribution in [2.75, 3.05) is 20.3 Å². The van der Waals surface area contributed by atoms with Crippen molar-refractivity contribution >= 4 is 29.5 Å². The van der Waals surface area contributed by atoms with E-state index in [1.54, 1.807) is 6.92 Å². The lowest BCUT2D eigenvalue weighted by Gasteiger charge is -2.11. The van der Waals surface area contributed by atoms with Crippen molar-refractivity contribution in [3.8, 4) is 5.75 Å². The highest BCUT2D eigenvalue weighted by Crippen LogP contribution is 2.25. The van der Waals surface area contributed by atoms with E-state index in [-0.39, 0.29) is 36.0 Å². The first-order valence-corrected chi connectivity index (χ1v) is 7.53. The molecule has 0 radical (unpaired) electrons. The minimum absolute atomic E-state index is 0.0277. The minimum Gasteiger partial charge on any atom is -0.496 e. The molecule has 1 rings (SSSR count). The van der Waals surface area contributed by atoms with Crippen molar-refractivity contribution in [1.29, 1.82) is 0 Å². The van der Waals surface area contributed by atoms with Crippen molar-refractivity contribution in [2.45, 2.75) is 13.3 Å². The Labute approximate surface area is 148 Å². The van der Waals surface area contributed by atoms with E-state index >= 15 is 0 Å². The van der Waals surface area contributed by atoms with E-state index in [2.05, 4.69) is 4.74 Å². The molecule has 0 amide bonds. The number of hydrogen-bond donors (Lipinski definition) is 1. The average Bonchev–Trinajstić information content (AvgIpc) is 2.58. The van der Waals surface area contributed by atoms with Crippen LogP contribution in [0.4, 0.5) is 0 Å². The van der Waals surface area contributed by atoms with Crippen LogP contribution in [0.25, 0.3) is 0 Å². The van der Waals surface area contributed by atoms with Crippen molar-refractivity contribution < 1.29 is 38.4 Å². The van der Waals surface area contributed by atoms with Crippen LogP contribution in [0.1, 0.15) is 23.7 Å². The van der Waals surface area contributed by atoms with Gasteiger partial charge < -0.3 is 24.1 Å². The SMILES string of the molecule is CCOC(=O)CCOC=C(Oc1ccc(Cl)cc1C(=O)O)C(=O)OC. The molecule has 25 heavy (non-hydrogen) atoms. The van der Waals surface area contributed by atoms with Crippen LogP contribution in [0.15, 0.2) is 30.2 Å². The molecule has 0 saturated carbocycles. The number of benzene rings is 1. The lowest BCUT2D eigenvalue weighted by Crippen LogP contribution is -2.14. The van der Waals surface area contributed by atoms with Crippen molar-refractivity contribution in [1.82, 2.24) is 0 Å². The van der Waals surface area contributed by atoms with Gasteiger partial charge in [0.25, 0.3) is 0 Å². The maximum absolute atomic E-state index is 11.7. The largest absolute Gasteiger partial charge is 0.496 e. The van der Waals surface area contributed by atoms with Gasteiger partial charge >= 0.3 is 17.9 Å². The normalized spacial score (nSPS) is 10.8. The van der Waals surface area contributed by atoms with Gasteiger partial charge in [0.05, 0.1) is 26.7 Å². The number of carbonyl (C=O) groups is 3. The zero-order valence-electron chi connectivity index (χ0n) is 13.6. The number of halogens is 1. The molecule has 0 bridgehead atoms. The van der Waals surface area contributed by atoms with Gasteiger partial charge in [-0.15, -0.1) is 0 Å². The molecule has 136 valence electrons. The van der Waals surface area contributed by atoms with Crippen molar-refractivity contribution in [3.05, 3.63) is 40.8 Å². The zero-order chi connectivity index (χ0) is 18.8. The predicted octanol–water partition coefficient (Wildman–Crippen LogP) is 2.40. The number of ether oxygens (including phenoxy) is 4. The van der Waals surface area contributed by atoms with Crippen LogP contribution in [-0.4, -0.2) is 43.3 Å². The van der Waals surface area contributed by atoms with Gasteiger partial charge in [0.1, 0.15) is 17.6 Å². The molecule has 0 fully saturated rings. The van der Waals surface area contributed by atoms with Crippen LogP contribution in [0.3, 0.4) is 0 Å². The summed E-state index contributed by atoms with van der Waals surface area (Å²) in [5.74, 6) is -3.15. The highest BCUT2D eigenvalue weighted by Gasteiger charge is 2.19. The molecule has 0 atom stereocenters. The average molecular weight is 373 g/mol. The summed E-state index contributed by atoms with van der Waals surface area (Å²) in [6.07, 6.45) is 0.908. The first-order chi connectivity index (χ1) is 11.9. The maximum atomic E-state index is 11.7. The Morgan fingerprint density at radius 2 is 2.00 bits per heavy atom. The number of carboxylic acid groups (broad SMARTS) is 1. The Bertz CT molecular complexity index is 668. The molecule has 0 unspecified atom stereocenters. The Balaban J connectivity index is 2.87. The summed E-state index contributed by atoms with van der Waals surface area (Å²) in [5, 5.41) is 9.36. The van der Waals surface area contributed by atoms with Gasteiger partial charge in [0, 0.05) is 5.02 Å². The van der Waals surface area contributed by atoms with Crippen LogP contribution in [0.2, 0.25) is 5.02 Å². The topological polar surface area (TPSA) is 108 Å². The van der Waals surface area contributed by atoms with Crippen LogP contribution < -0.4 is 4.74 Å². The lowest BCUT2D eigenvalue weighted by molar-refractivity contribution is -0.143. The Hall–Kier alpha value is -2.74. The summed E-state index contributed by atoms with van der Waals surface area (Å²) < 4.78 is 19.6. The monoisotopic (exact) mass is 372 g/mol. The van der Waals surface area contributed by atoms with E-state index in [9.17, 15) is 14.4 Å². The molecule has 1 aromatic carbocycles. The van der Waals surface area contributed by atoms with E-state index in [1.165, 1.54) is 18.2 Å². The number of hydrogen-bond acceptors (Lipinski definition) is 7. The Morgan fingerprint density at radius 1 is 1.28 bits per heavy atom. The number of carbonyl (C=O) groups excluding carboxylic acids is 2. The smallest absolute Gasteiger partial charge is 0.377 e. The lowest BCUT2D eigenvalue weighted by atomic mass is 10.2. The fraction of sp³-hybridized carbons (Fsp3) is 0.312. The van der Waals surface area contributed by atoms with Crippen LogP contribution in [0.5, 0.6) is 5.75 Å². The Morgan fingerprint density at radius 3 is 2.60 bits per heavy atom. The number of carboxylic acids is 1. The maximum Gasteiger partial charge on any atom is 0.377 e. The van der Waals surface area contributed by atoms with Crippen molar-refractivity contribution in [3.63, 3.8) is 0 Å². The molecule has 0 aromatic heterocycles. The third kappa shape index (κ3) is 6.72. The van der Waals surface area contributed by atoms with Crippen molar-refractivity contribution in [2.24, 2.45) is 0 Å². The van der Waals surface area contributed by atoms with Gasteiger partial charge in [0.15, 0.2) is 0 Å². The number of rotatable bonds is 9. The highest BCUT2D eigenvalue weighted by molar-refractivity contribution is 6.31. The van der Waals surface area contributed by atoms with E-state index in [4.69, 9.17) is 30.9 Å². The fourth-order valence-electron chi connectivity index (χ4n) is 1.60. The van der Waals surface area contributed by atoms with Crippen LogP contribution in [-0.2, 0) is 23.8 Å². The predicted molar refractivity (Wildman–Crippen MR) is 86.3 cm³/mol. The summed E-state index contributed by atoms with van der Waals surface area (Å²) in [5.41, 5.74) is -0.242. The van der Waals surface area contributed by atoms with Crippen LogP contribution >= 0.6 is 11.6 Å². The fourth-order valence-corrected chi connectivity index (χ4v) is 1.77. The summed E-state index contributed by atoms with van der Waals surface area (Å²) in [6, 6.07) is 3.87. The van der Waals surface area contributed by atoms with E-state index < -0.39 is 23.7 Å². The standard InChI is InChI=1S/C16H17ClO8/c1-3-24-14(18)6-7-23-9-13(16(21)22-2)25-12-5-4-10(17)8-11(12)15(19)20/h4-5,8-9H,3,6-7H2,1-2H3,(H,19,20).